The van der Waals surface area contributed by atoms with Gasteiger partial charge in [-0.05, 0) is 38.1 Å². The van der Waals surface area contributed by atoms with Crippen molar-refractivity contribution in [2.24, 2.45) is 0 Å². The number of carbonyl (C=O) groups is 2. The van der Waals surface area contributed by atoms with E-state index in [0.29, 0.717) is 22.9 Å². The number of benzene rings is 2. The van der Waals surface area contributed by atoms with Gasteiger partial charge in [0.1, 0.15) is 0 Å². The van der Waals surface area contributed by atoms with Crippen molar-refractivity contribution in [3.63, 3.8) is 0 Å². The van der Waals surface area contributed by atoms with Crippen LogP contribution in [0.3, 0.4) is 0 Å². The Hall–Kier alpha value is -3.52. The number of carbonyl (C=O) groups excluding carboxylic acids is 2. The molecule has 8 nitrogen and oxygen atoms in total. The molecule has 0 fully saturated rings. The number of amides is 1. The largest absolute Gasteiger partial charge is 0.454 e. The van der Waals surface area contributed by atoms with Gasteiger partial charge in [0.05, 0.1) is 33.3 Å². The van der Waals surface area contributed by atoms with Crippen LogP contribution in [0.25, 0.3) is 5.69 Å². The van der Waals surface area contributed by atoms with Gasteiger partial charge in [-0.2, -0.15) is 5.10 Å². The monoisotopic (exact) mass is 427 g/mol. The van der Waals surface area contributed by atoms with E-state index >= 15 is 0 Å². The Morgan fingerprint density at radius 1 is 1.20 bits per heavy atom. The Morgan fingerprint density at radius 3 is 2.73 bits per heavy atom. The minimum Gasteiger partial charge on any atom is -0.454 e. The average molecular weight is 428 g/mol. The minimum atomic E-state index is -0.696. The number of rotatable bonds is 5. The molecule has 1 aliphatic rings. The van der Waals surface area contributed by atoms with Crippen LogP contribution in [0, 0.1) is 13.8 Å². The number of anilines is 1. The number of para-hydroxylation sites is 1. The summed E-state index contributed by atoms with van der Waals surface area (Å²) in [5.74, 6) is -0.432. The number of halogens is 1. The molecule has 0 radical (unpaired) electrons. The molecule has 1 aliphatic heterocycles. The SMILES string of the molecule is Cc1nn(-c2ccccc2)c(C)c1NC(=O)COC(=O)c1cc(Cl)c2c(c1)OCO2. The molecule has 1 amide bonds. The molecule has 30 heavy (non-hydrogen) atoms. The zero-order chi connectivity index (χ0) is 21.3. The third-order valence-corrected chi connectivity index (χ3v) is 4.83. The summed E-state index contributed by atoms with van der Waals surface area (Å²) in [6.45, 7) is 3.22. The highest BCUT2D eigenvalue weighted by Gasteiger charge is 2.22. The molecular formula is C21H18ClN3O5. The number of fused-ring (bicyclic) bond motifs is 1. The Bertz CT molecular complexity index is 1130. The molecule has 0 saturated heterocycles. The van der Waals surface area contributed by atoms with Crippen molar-refractivity contribution in [3.05, 3.63) is 64.4 Å². The fourth-order valence-corrected chi connectivity index (χ4v) is 3.38. The van der Waals surface area contributed by atoms with Crippen LogP contribution in [-0.2, 0) is 9.53 Å². The number of aromatic nitrogens is 2. The van der Waals surface area contributed by atoms with Crippen LogP contribution in [0.2, 0.25) is 5.02 Å². The van der Waals surface area contributed by atoms with Gasteiger partial charge in [-0.3, -0.25) is 4.79 Å². The first-order valence-electron chi connectivity index (χ1n) is 9.12. The second-order valence-electron chi connectivity index (χ2n) is 6.61. The van der Waals surface area contributed by atoms with Crippen LogP contribution in [0.1, 0.15) is 21.7 Å². The molecule has 1 aromatic heterocycles. The molecule has 0 unspecified atom stereocenters. The predicted molar refractivity (Wildman–Crippen MR) is 110 cm³/mol. The van der Waals surface area contributed by atoms with Crippen molar-refractivity contribution in [1.29, 1.82) is 0 Å². The summed E-state index contributed by atoms with van der Waals surface area (Å²) in [5, 5.41) is 7.47. The molecule has 0 saturated carbocycles. The van der Waals surface area contributed by atoms with Crippen LogP contribution in [0.5, 0.6) is 11.5 Å². The number of hydrogen-bond donors (Lipinski definition) is 1. The molecule has 3 aromatic rings. The van der Waals surface area contributed by atoms with Crippen molar-refractivity contribution in [3.8, 4) is 17.2 Å². The minimum absolute atomic E-state index is 0.0331. The van der Waals surface area contributed by atoms with E-state index in [1.165, 1.54) is 12.1 Å². The molecule has 0 spiro atoms. The number of nitrogens with one attached hydrogen (secondary N) is 1. The summed E-state index contributed by atoms with van der Waals surface area (Å²) in [5.41, 5.74) is 3.04. The highest BCUT2D eigenvalue weighted by Crippen LogP contribution is 2.39. The summed E-state index contributed by atoms with van der Waals surface area (Å²) in [6, 6.07) is 12.4. The Balaban J connectivity index is 1.42. The molecular weight excluding hydrogens is 410 g/mol. The van der Waals surface area contributed by atoms with Crippen molar-refractivity contribution in [1.82, 2.24) is 9.78 Å². The Kier molecular flexibility index (Phi) is 5.33. The van der Waals surface area contributed by atoms with E-state index in [9.17, 15) is 9.59 Å². The third kappa shape index (κ3) is 3.81. The van der Waals surface area contributed by atoms with Gasteiger partial charge in [-0.25, -0.2) is 9.48 Å². The number of aryl methyl sites for hydroxylation is 1. The fraction of sp³-hybridized carbons (Fsp3) is 0.190. The maximum Gasteiger partial charge on any atom is 0.338 e. The zero-order valence-corrected chi connectivity index (χ0v) is 17.0. The Morgan fingerprint density at radius 2 is 1.97 bits per heavy atom. The first-order valence-corrected chi connectivity index (χ1v) is 9.49. The van der Waals surface area contributed by atoms with Gasteiger partial charge in [0, 0.05) is 0 Å². The summed E-state index contributed by atoms with van der Waals surface area (Å²) >= 11 is 6.08. The van der Waals surface area contributed by atoms with Gasteiger partial charge in [0.25, 0.3) is 5.91 Å². The van der Waals surface area contributed by atoms with Crippen molar-refractivity contribution < 1.29 is 23.8 Å². The van der Waals surface area contributed by atoms with E-state index in [2.05, 4.69) is 10.4 Å². The molecule has 2 heterocycles. The first-order chi connectivity index (χ1) is 14.4. The van der Waals surface area contributed by atoms with E-state index in [1.54, 1.807) is 11.6 Å². The lowest BCUT2D eigenvalue weighted by Crippen LogP contribution is -2.21. The van der Waals surface area contributed by atoms with Gasteiger partial charge in [-0.1, -0.05) is 29.8 Å². The van der Waals surface area contributed by atoms with Gasteiger partial charge in [0.2, 0.25) is 6.79 Å². The van der Waals surface area contributed by atoms with E-state index in [0.717, 1.165) is 11.4 Å². The van der Waals surface area contributed by atoms with Crippen LogP contribution < -0.4 is 14.8 Å². The van der Waals surface area contributed by atoms with Crippen LogP contribution in [0.15, 0.2) is 42.5 Å². The average Bonchev–Trinajstić information content (AvgIpc) is 3.33. The third-order valence-electron chi connectivity index (χ3n) is 4.55. The van der Waals surface area contributed by atoms with E-state index < -0.39 is 18.5 Å². The standard InChI is InChI=1S/C21H18ClN3O5/c1-12-19(13(2)25(24-12)15-6-4-3-5-7-15)23-18(26)10-28-21(27)14-8-16(22)20-17(9-14)29-11-30-20/h3-9H,10-11H2,1-2H3,(H,23,26). The molecule has 1 N–H and O–H groups in total. The van der Waals surface area contributed by atoms with Crippen molar-refractivity contribution in [2.45, 2.75) is 13.8 Å². The molecule has 0 aliphatic carbocycles. The maximum atomic E-state index is 12.4. The molecule has 2 aromatic carbocycles. The normalized spacial score (nSPS) is 12.0. The Labute approximate surface area is 177 Å². The van der Waals surface area contributed by atoms with Gasteiger partial charge in [-0.15, -0.1) is 0 Å². The molecule has 9 heteroatoms. The van der Waals surface area contributed by atoms with Crippen LogP contribution in [-0.4, -0.2) is 35.1 Å². The summed E-state index contributed by atoms with van der Waals surface area (Å²) in [7, 11) is 0. The van der Waals surface area contributed by atoms with Crippen molar-refractivity contribution in [2.75, 3.05) is 18.7 Å². The summed E-state index contributed by atoms with van der Waals surface area (Å²) in [4.78, 5) is 24.7. The smallest absolute Gasteiger partial charge is 0.338 e. The lowest BCUT2D eigenvalue weighted by molar-refractivity contribution is -0.119. The summed E-state index contributed by atoms with van der Waals surface area (Å²) < 4.78 is 17.3. The second kappa shape index (κ2) is 8.08. The van der Waals surface area contributed by atoms with E-state index in [4.69, 9.17) is 25.8 Å². The molecule has 154 valence electrons. The van der Waals surface area contributed by atoms with Gasteiger partial charge >= 0.3 is 5.97 Å². The van der Waals surface area contributed by atoms with Crippen LogP contribution >= 0.6 is 11.6 Å². The lowest BCUT2D eigenvalue weighted by atomic mass is 10.2. The molecule has 0 atom stereocenters. The van der Waals surface area contributed by atoms with Gasteiger partial charge in [0.15, 0.2) is 18.1 Å². The predicted octanol–water partition coefficient (Wildman–Crippen LogP) is 3.67. The highest BCUT2D eigenvalue weighted by atomic mass is 35.5. The highest BCUT2D eigenvalue weighted by molar-refractivity contribution is 6.32. The first kappa shape index (κ1) is 19.8. The number of ether oxygens (including phenoxy) is 3. The van der Waals surface area contributed by atoms with Crippen molar-refractivity contribution >= 4 is 29.2 Å². The lowest BCUT2D eigenvalue weighted by Gasteiger charge is -2.09. The zero-order valence-electron chi connectivity index (χ0n) is 16.3. The fourth-order valence-electron chi connectivity index (χ4n) is 3.12. The number of esters is 1. The maximum absolute atomic E-state index is 12.4. The molecule has 4 rings (SSSR count). The van der Waals surface area contributed by atoms with Gasteiger partial charge < -0.3 is 19.5 Å². The van der Waals surface area contributed by atoms with Crippen LogP contribution in [0.4, 0.5) is 5.69 Å². The van der Waals surface area contributed by atoms with E-state index in [-0.39, 0.29) is 17.4 Å². The number of hydrogen-bond acceptors (Lipinski definition) is 6. The van der Waals surface area contributed by atoms with E-state index in [1.807, 2.05) is 37.3 Å². The number of nitrogens with zero attached hydrogens (tertiary/aromatic N) is 2. The quantitative estimate of drug-likeness (QED) is 0.625. The second-order valence-corrected chi connectivity index (χ2v) is 7.02. The molecule has 0 bridgehead atoms. The summed E-state index contributed by atoms with van der Waals surface area (Å²) in [6.07, 6.45) is 0. The topological polar surface area (TPSA) is 91.7 Å².